The first-order valence-corrected chi connectivity index (χ1v) is 6.39. The van der Waals surface area contributed by atoms with Gasteiger partial charge in [0.2, 0.25) is 0 Å². The van der Waals surface area contributed by atoms with Gasteiger partial charge >= 0.3 is 0 Å². The van der Waals surface area contributed by atoms with Gasteiger partial charge in [-0.15, -0.1) is 0 Å². The number of hydrogen-bond acceptors (Lipinski definition) is 2. The van der Waals surface area contributed by atoms with Gasteiger partial charge in [0.05, 0.1) is 0 Å². The van der Waals surface area contributed by atoms with E-state index in [0.717, 1.165) is 12.8 Å². The SMILES string of the molecule is Cc1ccc(C(CN)NC2CC=CC2)cc1C. The molecule has 0 saturated heterocycles. The van der Waals surface area contributed by atoms with Crippen molar-refractivity contribution in [3.8, 4) is 0 Å². The maximum Gasteiger partial charge on any atom is 0.0446 e. The summed E-state index contributed by atoms with van der Waals surface area (Å²) < 4.78 is 0. The summed E-state index contributed by atoms with van der Waals surface area (Å²) in [7, 11) is 0. The molecule has 1 aliphatic carbocycles. The Morgan fingerprint density at radius 1 is 1.24 bits per heavy atom. The summed E-state index contributed by atoms with van der Waals surface area (Å²) >= 11 is 0. The average Bonchev–Trinajstić information content (AvgIpc) is 2.82. The summed E-state index contributed by atoms with van der Waals surface area (Å²) in [5, 5.41) is 3.64. The fourth-order valence-electron chi connectivity index (χ4n) is 2.32. The molecule has 2 heteroatoms. The van der Waals surface area contributed by atoms with Crippen LogP contribution in [-0.2, 0) is 0 Å². The number of benzene rings is 1. The van der Waals surface area contributed by atoms with Crippen LogP contribution in [0.25, 0.3) is 0 Å². The molecule has 2 nitrogen and oxygen atoms in total. The summed E-state index contributed by atoms with van der Waals surface area (Å²) in [5.74, 6) is 0. The zero-order valence-electron chi connectivity index (χ0n) is 10.7. The van der Waals surface area contributed by atoms with Crippen LogP contribution >= 0.6 is 0 Å². The molecule has 0 amide bonds. The molecule has 0 saturated carbocycles. The van der Waals surface area contributed by atoms with E-state index in [0.29, 0.717) is 12.6 Å². The number of nitrogens with two attached hydrogens (primary N) is 1. The van der Waals surface area contributed by atoms with Crippen molar-refractivity contribution in [1.29, 1.82) is 0 Å². The Hall–Kier alpha value is -1.12. The molecule has 1 aromatic carbocycles. The number of hydrogen-bond donors (Lipinski definition) is 2. The minimum Gasteiger partial charge on any atom is -0.329 e. The predicted octanol–water partition coefficient (Wildman–Crippen LogP) is 2.61. The van der Waals surface area contributed by atoms with Gasteiger partial charge in [0.1, 0.15) is 0 Å². The van der Waals surface area contributed by atoms with Gasteiger partial charge in [0.25, 0.3) is 0 Å². The fraction of sp³-hybridized carbons (Fsp3) is 0.467. The summed E-state index contributed by atoms with van der Waals surface area (Å²) in [6.45, 7) is 4.95. The Labute approximate surface area is 104 Å². The van der Waals surface area contributed by atoms with E-state index < -0.39 is 0 Å². The highest BCUT2D eigenvalue weighted by Crippen LogP contribution is 2.19. The molecule has 0 radical (unpaired) electrons. The third-order valence-electron chi connectivity index (χ3n) is 3.61. The molecule has 0 aromatic heterocycles. The van der Waals surface area contributed by atoms with Crippen molar-refractivity contribution >= 4 is 0 Å². The van der Waals surface area contributed by atoms with Crippen molar-refractivity contribution in [2.24, 2.45) is 5.73 Å². The molecular weight excluding hydrogens is 208 g/mol. The lowest BCUT2D eigenvalue weighted by Gasteiger charge is -2.22. The molecule has 1 unspecified atom stereocenters. The normalized spacial score (nSPS) is 17.6. The van der Waals surface area contributed by atoms with Gasteiger partial charge in [-0.1, -0.05) is 30.4 Å². The molecule has 0 aliphatic heterocycles. The summed E-state index contributed by atoms with van der Waals surface area (Å²) in [4.78, 5) is 0. The van der Waals surface area contributed by atoms with E-state index in [1.54, 1.807) is 0 Å². The topological polar surface area (TPSA) is 38.0 Å². The zero-order valence-corrected chi connectivity index (χ0v) is 10.7. The Kier molecular flexibility index (Phi) is 3.97. The Bertz CT molecular complexity index is 401. The molecule has 17 heavy (non-hydrogen) atoms. The summed E-state index contributed by atoms with van der Waals surface area (Å²) in [6.07, 6.45) is 6.74. The minimum absolute atomic E-state index is 0.277. The summed E-state index contributed by atoms with van der Waals surface area (Å²) in [5.41, 5.74) is 9.88. The van der Waals surface area contributed by atoms with Crippen LogP contribution in [-0.4, -0.2) is 12.6 Å². The molecule has 0 bridgehead atoms. The monoisotopic (exact) mass is 230 g/mol. The van der Waals surface area contributed by atoms with E-state index in [4.69, 9.17) is 5.73 Å². The highest BCUT2D eigenvalue weighted by molar-refractivity contribution is 5.32. The smallest absolute Gasteiger partial charge is 0.0446 e. The number of rotatable bonds is 4. The van der Waals surface area contributed by atoms with Crippen LogP contribution < -0.4 is 11.1 Å². The number of nitrogens with one attached hydrogen (secondary N) is 1. The van der Waals surface area contributed by atoms with Gasteiger partial charge in [-0.3, -0.25) is 0 Å². The molecule has 0 fully saturated rings. The van der Waals surface area contributed by atoms with Gasteiger partial charge in [-0.2, -0.15) is 0 Å². The van der Waals surface area contributed by atoms with Crippen LogP contribution in [0.2, 0.25) is 0 Å². The third kappa shape index (κ3) is 2.96. The Morgan fingerprint density at radius 2 is 1.94 bits per heavy atom. The van der Waals surface area contributed by atoms with Crippen LogP contribution in [0.1, 0.15) is 35.6 Å². The highest BCUT2D eigenvalue weighted by Gasteiger charge is 2.16. The van der Waals surface area contributed by atoms with Gasteiger partial charge in [0, 0.05) is 18.6 Å². The van der Waals surface area contributed by atoms with Crippen LogP contribution in [0.15, 0.2) is 30.4 Å². The Morgan fingerprint density at radius 3 is 2.53 bits per heavy atom. The second kappa shape index (κ2) is 5.48. The molecule has 3 N–H and O–H groups in total. The lowest BCUT2D eigenvalue weighted by molar-refractivity contribution is 0.453. The van der Waals surface area contributed by atoms with E-state index in [1.807, 2.05) is 0 Å². The average molecular weight is 230 g/mol. The second-order valence-corrected chi connectivity index (χ2v) is 4.94. The molecule has 0 heterocycles. The van der Waals surface area contributed by atoms with Crippen molar-refractivity contribution in [2.75, 3.05) is 6.54 Å². The number of aryl methyl sites for hydroxylation is 2. The van der Waals surface area contributed by atoms with Crippen molar-refractivity contribution in [1.82, 2.24) is 5.32 Å². The first-order chi connectivity index (χ1) is 8.20. The fourth-order valence-corrected chi connectivity index (χ4v) is 2.32. The highest BCUT2D eigenvalue weighted by atomic mass is 15.0. The lowest BCUT2D eigenvalue weighted by Crippen LogP contribution is -2.35. The Balaban J connectivity index is 2.08. The first kappa shape index (κ1) is 12.3. The van der Waals surface area contributed by atoms with Crippen molar-refractivity contribution in [3.05, 3.63) is 47.0 Å². The van der Waals surface area contributed by atoms with Crippen molar-refractivity contribution in [2.45, 2.75) is 38.8 Å². The van der Waals surface area contributed by atoms with Crippen LogP contribution in [0.3, 0.4) is 0 Å². The van der Waals surface area contributed by atoms with E-state index in [9.17, 15) is 0 Å². The van der Waals surface area contributed by atoms with Crippen LogP contribution in [0.5, 0.6) is 0 Å². The molecule has 1 aromatic rings. The molecule has 2 rings (SSSR count). The largest absolute Gasteiger partial charge is 0.329 e. The van der Waals surface area contributed by atoms with Crippen molar-refractivity contribution in [3.63, 3.8) is 0 Å². The second-order valence-electron chi connectivity index (χ2n) is 4.94. The molecule has 0 spiro atoms. The molecular formula is C15H22N2. The molecule has 1 atom stereocenters. The third-order valence-corrected chi connectivity index (χ3v) is 3.61. The first-order valence-electron chi connectivity index (χ1n) is 6.39. The van der Waals surface area contributed by atoms with E-state index >= 15 is 0 Å². The van der Waals surface area contributed by atoms with Gasteiger partial charge in [-0.05, 0) is 43.4 Å². The molecule has 92 valence electrons. The van der Waals surface area contributed by atoms with Gasteiger partial charge in [-0.25, -0.2) is 0 Å². The van der Waals surface area contributed by atoms with Crippen LogP contribution in [0, 0.1) is 13.8 Å². The van der Waals surface area contributed by atoms with Gasteiger partial charge in [0.15, 0.2) is 0 Å². The van der Waals surface area contributed by atoms with Gasteiger partial charge < -0.3 is 11.1 Å². The van der Waals surface area contributed by atoms with E-state index in [2.05, 4.69) is 49.5 Å². The van der Waals surface area contributed by atoms with Crippen molar-refractivity contribution < 1.29 is 0 Å². The molecule has 1 aliphatic rings. The minimum atomic E-state index is 0.277. The van der Waals surface area contributed by atoms with Crippen LogP contribution in [0.4, 0.5) is 0 Å². The maximum absolute atomic E-state index is 5.89. The predicted molar refractivity (Wildman–Crippen MR) is 73.0 cm³/mol. The zero-order chi connectivity index (χ0) is 12.3. The standard InChI is InChI=1S/C15H22N2/c1-11-7-8-13(9-12(11)2)15(10-16)17-14-5-3-4-6-14/h3-4,7-9,14-15,17H,5-6,10,16H2,1-2H3. The quantitative estimate of drug-likeness (QED) is 0.780. The lowest BCUT2D eigenvalue weighted by atomic mass is 10.00. The van der Waals surface area contributed by atoms with E-state index in [1.165, 1.54) is 16.7 Å². The maximum atomic E-state index is 5.89. The van der Waals surface area contributed by atoms with E-state index in [-0.39, 0.29) is 6.04 Å². The summed E-state index contributed by atoms with van der Waals surface area (Å²) in [6, 6.07) is 7.46.